The summed E-state index contributed by atoms with van der Waals surface area (Å²) in [4.78, 5) is 14.2. The van der Waals surface area contributed by atoms with Gasteiger partial charge in [-0.15, -0.1) is 0 Å². The molecule has 25 heavy (non-hydrogen) atoms. The molecule has 7 heteroatoms. The smallest absolute Gasteiger partial charge is 0.321 e. The second kappa shape index (κ2) is 9.17. The minimum absolute atomic E-state index is 0.0418. The molecule has 0 saturated heterocycles. The molecule has 0 aliphatic rings. The second-order valence-corrected chi connectivity index (χ2v) is 5.85. The van der Waals surface area contributed by atoms with Crippen molar-refractivity contribution in [2.45, 2.75) is 33.1 Å². The Morgan fingerprint density at radius 2 is 2.04 bits per heavy atom. The van der Waals surface area contributed by atoms with Crippen molar-refractivity contribution in [3.8, 4) is 5.69 Å². The van der Waals surface area contributed by atoms with Crippen LogP contribution in [0.1, 0.15) is 31.9 Å². The molecule has 0 atom stereocenters. The van der Waals surface area contributed by atoms with Crippen LogP contribution in [0.5, 0.6) is 0 Å². The average molecular weight is 348 g/mol. The summed E-state index contributed by atoms with van der Waals surface area (Å²) in [6.07, 6.45) is 3.92. The number of anilines is 1. The fourth-order valence-corrected chi connectivity index (χ4v) is 2.52. The van der Waals surface area contributed by atoms with Crippen molar-refractivity contribution in [3.63, 3.8) is 0 Å². The van der Waals surface area contributed by atoms with Gasteiger partial charge in [-0.3, -0.25) is 0 Å². The van der Waals surface area contributed by atoms with Gasteiger partial charge in [0.15, 0.2) is 0 Å². The van der Waals surface area contributed by atoms with E-state index in [9.17, 15) is 9.18 Å². The van der Waals surface area contributed by atoms with E-state index in [1.807, 2.05) is 0 Å². The van der Waals surface area contributed by atoms with E-state index in [0.29, 0.717) is 36.6 Å². The molecule has 2 N–H and O–H groups in total. The van der Waals surface area contributed by atoms with E-state index in [1.54, 1.807) is 30.0 Å². The van der Waals surface area contributed by atoms with Gasteiger partial charge in [-0.1, -0.05) is 25.5 Å². The lowest BCUT2D eigenvalue weighted by Crippen LogP contribution is -2.37. The first-order valence-corrected chi connectivity index (χ1v) is 8.54. The summed E-state index contributed by atoms with van der Waals surface area (Å²) in [6.45, 7) is 5.00. The zero-order valence-corrected chi connectivity index (χ0v) is 14.7. The predicted molar refractivity (Wildman–Crippen MR) is 95.5 cm³/mol. The number of aliphatic hydroxyl groups is 1. The van der Waals surface area contributed by atoms with Gasteiger partial charge in [0.05, 0.1) is 17.6 Å². The van der Waals surface area contributed by atoms with Crippen LogP contribution in [-0.4, -0.2) is 45.5 Å². The zero-order valence-electron chi connectivity index (χ0n) is 14.7. The number of aromatic nitrogens is 2. The molecule has 2 amide bonds. The van der Waals surface area contributed by atoms with Gasteiger partial charge in [0.1, 0.15) is 11.5 Å². The summed E-state index contributed by atoms with van der Waals surface area (Å²) < 4.78 is 15.4. The van der Waals surface area contributed by atoms with Crippen molar-refractivity contribution in [1.29, 1.82) is 0 Å². The number of benzene rings is 1. The number of hydrogen-bond acceptors (Lipinski definition) is 3. The first-order valence-electron chi connectivity index (χ1n) is 8.54. The molecule has 0 fully saturated rings. The monoisotopic (exact) mass is 348 g/mol. The predicted octanol–water partition coefficient (Wildman–Crippen LogP) is 3.34. The fraction of sp³-hybridized carbons (Fsp3) is 0.444. The molecule has 0 aliphatic heterocycles. The Balaban J connectivity index is 2.14. The molecule has 0 bridgehead atoms. The third-order valence-electron chi connectivity index (χ3n) is 3.99. The van der Waals surface area contributed by atoms with Gasteiger partial charge < -0.3 is 15.3 Å². The number of unbranched alkanes of at least 4 members (excludes halogenated alkanes) is 1. The van der Waals surface area contributed by atoms with Crippen LogP contribution >= 0.6 is 0 Å². The van der Waals surface area contributed by atoms with Crippen molar-refractivity contribution in [2.24, 2.45) is 0 Å². The number of carbonyl (C=O) groups excluding carboxylic acids is 1. The van der Waals surface area contributed by atoms with Gasteiger partial charge in [-0.2, -0.15) is 5.10 Å². The lowest BCUT2D eigenvalue weighted by Gasteiger charge is -2.22. The third-order valence-corrected chi connectivity index (χ3v) is 3.99. The minimum Gasteiger partial charge on any atom is -0.396 e. The van der Waals surface area contributed by atoms with Crippen LogP contribution in [-0.2, 0) is 0 Å². The number of nitrogens with one attached hydrogen (secondary N) is 1. The van der Waals surface area contributed by atoms with E-state index < -0.39 is 0 Å². The highest BCUT2D eigenvalue weighted by molar-refractivity contribution is 5.89. The minimum atomic E-state index is -0.376. The standard InChI is InChI=1S/C18H25FN4O2/c1-3-4-10-22(11-7-12-24)18(25)21-16-13-20-23(14(16)2)17-9-6-5-8-15(17)19/h5-6,8-9,13,24H,3-4,7,10-12H2,1-2H3,(H,21,25). The van der Waals surface area contributed by atoms with Crippen LogP contribution in [0.4, 0.5) is 14.9 Å². The molecule has 0 aliphatic carbocycles. The molecule has 1 aromatic heterocycles. The molecule has 0 unspecified atom stereocenters. The third kappa shape index (κ3) is 4.79. The Morgan fingerprint density at radius 3 is 2.72 bits per heavy atom. The van der Waals surface area contributed by atoms with Crippen LogP contribution in [0, 0.1) is 12.7 Å². The average Bonchev–Trinajstić information content (AvgIpc) is 2.96. The van der Waals surface area contributed by atoms with Crippen molar-refractivity contribution >= 4 is 11.7 Å². The molecular weight excluding hydrogens is 323 g/mol. The summed E-state index contributed by atoms with van der Waals surface area (Å²) in [5.74, 6) is -0.376. The second-order valence-electron chi connectivity index (χ2n) is 5.85. The highest BCUT2D eigenvalue weighted by Crippen LogP contribution is 2.20. The van der Waals surface area contributed by atoms with Crippen LogP contribution in [0.2, 0.25) is 0 Å². The van der Waals surface area contributed by atoms with Crippen LogP contribution in [0.25, 0.3) is 5.69 Å². The van der Waals surface area contributed by atoms with Crippen molar-refractivity contribution in [2.75, 3.05) is 25.0 Å². The molecule has 6 nitrogen and oxygen atoms in total. The molecule has 0 saturated carbocycles. The van der Waals surface area contributed by atoms with Crippen molar-refractivity contribution in [1.82, 2.24) is 14.7 Å². The van der Waals surface area contributed by atoms with Crippen LogP contribution in [0.3, 0.4) is 0 Å². The van der Waals surface area contributed by atoms with Gasteiger partial charge in [0, 0.05) is 19.7 Å². The maximum Gasteiger partial charge on any atom is 0.321 e. The molecule has 1 heterocycles. The number of rotatable bonds is 8. The zero-order chi connectivity index (χ0) is 18.2. The number of halogens is 1. The number of urea groups is 1. The number of carbonyl (C=O) groups is 1. The Bertz CT molecular complexity index is 694. The first kappa shape index (κ1) is 18.9. The Kier molecular flexibility index (Phi) is 6.94. The van der Waals surface area contributed by atoms with E-state index in [1.165, 1.54) is 16.9 Å². The van der Waals surface area contributed by atoms with Gasteiger partial charge in [0.2, 0.25) is 0 Å². The summed E-state index contributed by atoms with van der Waals surface area (Å²) in [5.41, 5.74) is 1.53. The van der Waals surface area contributed by atoms with E-state index in [-0.39, 0.29) is 18.5 Å². The van der Waals surface area contributed by atoms with E-state index in [0.717, 1.165) is 12.8 Å². The maximum atomic E-state index is 14.0. The van der Waals surface area contributed by atoms with Gasteiger partial charge in [0.25, 0.3) is 0 Å². The summed E-state index contributed by atoms with van der Waals surface area (Å²) >= 11 is 0. The molecule has 2 rings (SSSR count). The topological polar surface area (TPSA) is 70.4 Å². The number of hydrogen-bond donors (Lipinski definition) is 2. The largest absolute Gasteiger partial charge is 0.396 e. The quantitative estimate of drug-likeness (QED) is 0.769. The highest BCUT2D eigenvalue weighted by atomic mass is 19.1. The Hall–Kier alpha value is -2.41. The lowest BCUT2D eigenvalue weighted by molar-refractivity contribution is 0.201. The number of nitrogens with zero attached hydrogens (tertiary/aromatic N) is 3. The highest BCUT2D eigenvalue weighted by Gasteiger charge is 2.17. The van der Waals surface area contributed by atoms with Crippen LogP contribution < -0.4 is 5.32 Å². The van der Waals surface area contributed by atoms with Gasteiger partial charge >= 0.3 is 6.03 Å². The lowest BCUT2D eigenvalue weighted by atomic mass is 10.3. The Morgan fingerprint density at radius 1 is 1.32 bits per heavy atom. The molecule has 0 spiro atoms. The number of aliphatic hydroxyl groups excluding tert-OH is 1. The SMILES string of the molecule is CCCCN(CCCO)C(=O)Nc1cnn(-c2ccccc2F)c1C. The summed E-state index contributed by atoms with van der Waals surface area (Å²) in [7, 11) is 0. The molecule has 136 valence electrons. The summed E-state index contributed by atoms with van der Waals surface area (Å²) in [5, 5.41) is 16.0. The number of para-hydroxylation sites is 1. The van der Waals surface area contributed by atoms with Crippen LogP contribution in [0.15, 0.2) is 30.5 Å². The molecule has 2 aromatic rings. The molecule has 0 radical (unpaired) electrons. The van der Waals surface area contributed by atoms with E-state index >= 15 is 0 Å². The van der Waals surface area contributed by atoms with Crippen molar-refractivity contribution in [3.05, 3.63) is 42.0 Å². The van der Waals surface area contributed by atoms with Gasteiger partial charge in [-0.05, 0) is 31.9 Å². The van der Waals surface area contributed by atoms with Crippen molar-refractivity contribution < 1.29 is 14.3 Å². The van der Waals surface area contributed by atoms with E-state index in [4.69, 9.17) is 5.11 Å². The fourth-order valence-electron chi connectivity index (χ4n) is 2.52. The summed E-state index contributed by atoms with van der Waals surface area (Å²) in [6, 6.07) is 6.12. The van der Waals surface area contributed by atoms with Gasteiger partial charge in [-0.25, -0.2) is 13.9 Å². The first-order chi connectivity index (χ1) is 12.1. The maximum absolute atomic E-state index is 14.0. The van der Waals surface area contributed by atoms with E-state index in [2.05, 4.69) is 17.3 Å². The molecular formula is C18H25FN4O2. The Labute approximate surface area is 147 Å². The normalized spacial score (nSPS) is 10.7. The number of amides is 2. The molecule has 1 aromatic carbocycles.